The second kappa shape index (κ2) is 5.23. The second-order valence-electron chi connectivity index (χ2n) is 2.47. The van der Waals surface area contributed by atoms with Gasteiger partial charge in [-0.25, -0.2) is 0 Å². The molecule has 0 saturated carbocycles. The number of unbranched alkanes of at least 4 members (excludes halogenated alkanes) is 1. The van der Waals surface area contributed by atoms with Crippen molar-refractivity contribution in [3.05, 3.63) is 0 Å². The third-order valence-electron chi connectivity index (χ3n) is 1.33. The van der Waals surface area contributed by atoms with E-state index in [-0.39, 0.29) is 6.42 Å². The molecule has 60 valence electrons. The second-order valence-corrected chi connectivity index (χ2v) is 2.47. The quantitative estimate of drug-likeness (QED) is 0.588. The minimum atomic E-state index is -0.530. The molecule has 0 aromatic rings. The van der Waals surface area contributed by atoms with Gasteiger partial charge in [0.2, 0.25) is 5.91 Å². The Morgan fingerprint density at radius 2 is 2.30 bits per heavy atom. The third kappa shape index (κ3) is 5.56. The van der Waals surface area contributed by atoms with Gasteiger partial charge in [-0.3, -0.25) is 4.79 Å². The molecule has 10 heavy (non-hydrogen) atoms. The lowest BCUT2D eigenvalue weighted by molar-refractivity contribution is -0.119. The molecule has 0 unspecified atom stereocenters. The van der Waals surface area contributed by atoms with Crippen LogP contribution in [0, 0.1) is 0 Å². The van der Waals surface area contributed by atoms with Crippen molar-refractivity contribution < 1.29 is 9.90 Å². The average Bonchev–Trinajstić information content (AvgIpc) is 1.82. The van der Waals surface area contributed by atoms with Crippen molar-refractivity contribution in [1.82, 2.24) is 0 Å². The Labute approximate surface area is 61.2 Å². The van der Waals surface area contributed by atoms with Crippen LogP contribution in [0.2, 0.25) is 0 Å². The van der Waals surface area contributed by atoms with E-state index in [1.54, 1.807) is 0 Å². The highest BCUT2D eigenvalue weighted by molar-refractivity contribution is 5.74. The van der Waals surface area contributed by atoms with Gasteiger partial charge in [-0.2, -0.15) is 0 Å². The first kappa shape index (κ1) is 9.43. The van der Waals surface area contributed by atoms with Crippen LogP contribution in [-0.4, -0.2) is 17.1 Å². The molecule has 0 fully saturated rings. The molecule has 0 spiro atoms. The van der Waals surface area contributed by atoms with Crippen molar-refractivity contribution in [2.45, 2.75) is 38.7 Å². The number of carbonyl (C=O) groups excluding carboxylic acids is 1. The summed E-state index contributed by atoms with van der Waals surface area (Å²) >= 11 is 0. The molecule has 0 aliphatic carbocycles. The molecule has 0 heterocycles. The van der Waals surface area contributed by atoms with Crippen LogP contribution in [0.25, 0.3) is 0 Å². The molecule has 3 N–H and O–H groups in total. The van der Waals surface area contributed by atoms with E-state index in [2.05, 4.69) is 0 Å². The molecular formula is C7H15NO2. The number of amides is 1. The van der Waals surface area contributed by atoms with Gasteiger partial charge < -0.3 is 10.8 Å². The maximum Gasteiger partial charge on any atom is 0.220 e. The monoisotopic (exact) mass is 145 g/mol. The summed E-state index contributed by atoms with van der Waals surface area (Å²) in [5, 5.41) is 9.05. The van der Waals surface area contributed by atoms with Gasteiger partial charge in [0, 0.05) is 0 Å². The predicted octanol–water partition coefficient (Wildman–Crippen LogP) is 0.413. The van der Waals surface area contributed by atoms with E-state index >= 15 is 0 Å². The normalized spacial score (nSPS) is 13.0. The first-order valence-corrected chi connectivity index (χ1v) is 3.63. The lowest BCUT2D eigenvalue weighted by Crippen LogP contribution is -2.19. The zero-order valence-corrected chi connectivity index (χ0v) is 6.34. The van der Waals surface area contributed by atoms with Crippen molar-refractivity contribution in [1.29, 1.82) is 0 Å². The summed E-state index contributed by atoms with van der Waals surface area (Å²) in [7, 11) is 0. The van der Waals surface area contributed by atoms with Crippen LogP contribution in [0.15, 0.2) is 0 Å². The van der Waals surface area contributed by atoms with Gasteiger partial charge in [-0.05, 0) is 6.42 Å². The van der Waals surface area contributed by atoms with Crippen LogP contribution in [0.5, 0.6) is 0 Å². The van der Waals surface area contributed by atoms with Gasteiger partial charge in [0.25, 0.3) is 0 Å². The zero-order chi connectivity index (χ0) is 7.98. The number of nitrogens with two attached hydrogens (primary N) is 1. The van der Waals surface area contributed by atoms with Gasteiger partial charge in [-0.1, -0.05) is 19.8 Å². The van der Waals surface area contributed by atoms with Crippen molar-refractivity contribution in [3.8, 4) is 0 Å². The maximum atomic E-state index is 10.2. The van der Waals surface area contributed by atoms with E-state index in [0.29, 0.717) is 6.42 Å². The molecular weight excluding hydrogens is 130 g/mol. The molecule has 0 bridgehead atoms. The number of aliphatic hydroxyl groups is 1. The van der Waals surface area contributed by atoms with E-state index in [4.69, 9.17) is 10.8 Å². The Morgan fingerprint density at radius 1 is 1.70 bits per heavy atom. The fraction of sp³-hybridized carbons (Fsp3) is 0.857. The van der Waals surface area contributed by atoms with Crippen molar-refractivity contribution >= 4 is 5.91 Å². The number of hydrogen-bond acceptors (Lipinski definition) is 2. The van der Waals surface area contributed by atoms with Crippen molar-refractivity contribution in [2.75, 3.05) is 0 Å². The number of aliphatic hydroxyl groups excluding tert-OH is 1. The van der Waals surface area contributed by atoms with Gasteiger partial charge in [0.05, 0.1) is 12.5 Å². The van der Waals surface area contributed by atoms with E-state index in [9.17, 15) is 4.79 Å². The molecule has 1 amide bonds. The Bertz CT molecular complexity index is 104. The van der Waals surface area contributed by atoms with Crippen LogP contribution in [0.4, 0.5) is 0 Å². The van der Waals surface area contributed by atoms with Crippen LogP contribution < -0.4 is 5.73 Å². The maximum absolute atomic E-state index is 10.2. The molecule has 0 radical (unpaired) electrons. The molecule has 0 aromatic carbocycles. The van der Waals surface area contributed by atoms with Crippen molar-refractivity contribution in [3.63, 3.8) is 0 Å². The number of carbonyl (C=O) groups is 1. The van der Waals surface area contributed by atoms with Crippen LogP contribution in [0.3, 0.4) is 0 Å². The standard InChI is InChI=1S/C7H15NO2/c1-2-3-4-6(9)5-7(8)10/h6,9H,2-5H2,1H3,(H2,8,10)/t6-/m1/s1. The average molecular weight is 145 g/mol. The Balaban J connectivity index is 3.25. The summed E-state index contributed by atoms with van der Waals surface area (Å²) in [6.45, 7) is 2.04. The van der Waals surface area contributed by atoms with Gasteiger partial charge in [0.15, 0.2) is 0 Å². The van der Waals surface area contributed by atoms with E-state index in [0.717, 1.165) is 12.8 Å². The van der Waals surface area contributed by atoms with Crippen molar-refractivity contribution in [2.24, 2.45) is 5.73 Å². The molecule has 0 aromatic heterocycles. The van der Waals surface area contributed by atoms with E-state index in [1.807, 2.05) is 6.92 Å². The molecule has 1 atom stereocenters. The van der Waals surface area contributed by atoms with Gasteiger partial charge in [-0.15, -0.1) is 0 Å². The fourth-order valence-corrected chi connectivity index (χ4v) is 0.774. The summed E-state index contributed by atoms with van der Waals surface area (Å²) in [4.78, 5) is 10.2. The van der Waals surface area contributed by atoms with Gasteiger partial charge in [0.1, 0.15) is 0 Å². The highest BCUT2D eigenvalue weighted by atomic mass is 16.3. The largest absolute Gasteiger partial charge is 0.393 e. The third-order valence-corrected chi connectivity index (χ3v) is 1.33. The molecule has 0 aliphatic rings. The van der Waals surface area contributed by atoms with Gasteiger partial charge >= 0.3 is 0 Å². The van der Waals surface area contributed by atoms with Crippen LogP contribution in [-0.2, 0) is 4.79 Å². The molecule has 3 heteroatoms. The molecule has 0 rings (SSSR count). The van der Waals surface area contributed by atoms with E-state index in [1.165, 1.54) is 0 Å². The molecule has 0 aliphatic heterocycles. The van der Waals surface area contributed by atoms with E-state index < -0.39 is 12.0 Å². The lowest BCUT2D eigenvalue weighted by Gasteiger charge is -2.05. The summed E-state index contributed by atoms with van der Waals surface area (Å²) in [6, 6.07) is 0. The first-order valence-electron chi connectivity index (χ1n) is 3.63. The summed E-state index contributed by atoms with van der Waals surface area (Å²) < 4.78 is 0. The topological polar surface area (TPSA) is 63.3 Å². The smallest absolute Gasteiger partial charge is 0.220 e. The minimum Gasteiger partial charge on any atom is -0.393 e. The van der Waals surface area contributed by atoms with Crippen LogP contribution >= 0.6 is 0 Å². The number of rotatable bonds is 5. The zero-order valence-electron chi connectivity index (χ0n) is 6.34. The Kier molecular flexibility index (Phi) is 4.94. The van der Waals surface area contributed by atoms with Crippen LogP contribution in [0.1, 0.15) is 32.6 Å². The summed E-state index contributed by atoms with van der Waals surface area (Å²) in [5.74, 6) is -0.427. The lowest BCUT2D eigenvalue weighted by atomic mass is 10.1. The minimum absolute atomic E-state index is 0.0972. The number of primary amides is 1. The summed E-state index contributed by atoms with van der Waals surface area (Å²) in [5.41, 5.74) is 4.87. The fourth-order valence-electron chi connectivity index (χ4n) is 0.774. The highest BCUT2D eigenvalue weighted by Crippen LogP contribution is 2.02. The molecule has 3 nitrogen and oxygen atoms in total. The SMILES string of the molecule is CCCC[C@@H](O)CC(N)=O. The number of hydrogen-bond donors (Lipinski definition) is 2. The highest BCUT2D eigenvalue weighted by Gasteiger charge is 2.05. The first-order chi connectivity index (χ1) is 4.66. The predicted molar refractivity (Wildman–Crippen MR) is 39.3 cm³/mol. The molecule has 0 saturated heterocycles. The Hall–Kier alpha value is -0.570. The summed E-state index contributed by atoms with van der Waals surface area (Å²) in [6.07, 6.45) is 2.24. The Morgan fingerprint density at radius 3 is 2.70 bits per heavy atom.